The van der Waals surface area contributed by atoms with Crippen LogP contribution in [0.15, 0.2) is 48.5 Å². The molecule has 0 aliphatic carbocycles. The number of rotatable bonds is 7. The number of Topliss-reactive ketones (excluding diaryl/α,β-unsaturated/α-hetero) is 1. The molecule has 0 aliphatic heterocycles. The summed E-state index contributed by atoms with van der Waals surface area (Å²) in [5.41, 5.74) is 2.89. The van der Waals surface area contributed by atoms with Gasteiger partial charge in [-0.05, 0) is 43.3 Å². The fraction of sp³-hybridized carbons (Fsp3) is 0.286. The van der Waals surface area contributed by atoms with Crippen LogP contribution in [0.2, 0.25) is 0 Å². The van der Waals surface area contributed by atoms with Crippen LogP contribution in [0.5, 0.6) is 0 Å². The summed E-state index contributed by atoms with van der Waals surface area (Å²) in [5, 5.41) is 2.77. The van der Waals surface area contributed by atoms with Gasteiger partial charge in [-0.1, -0.05) is 12.1 Å². The topological polar surface area (TPSA) is 69.7 Å². The quantitative estimate of drug-likeness (QED) is 0.762. The molecule has 2 amide bonds. The molecule has 0 radical (unpaired) electrons. The van der Waals surface area contributed by atoms with E-state index in [1.165, 1.54) is 13.8 Å². The van der Waals surface area contributed by atoms with E-state index < -0.39 is 0 Å². The molecular weight excluding hydrogens is 342 g/mol. The lowest BCUT2D eigenvalue weighted by Gasteiger charge is -2.22. The Morgan fingerprint density at radius 2 is 1.56 bits per heavy atom. The first-order chi connectivity index (χ1) is 12.8. The highest BCUT2D eigenvalue weighted by Crippen LogP contribution is 2.20. The largest absolute Gasteiger partial charge is 0.378 e. The second-order valence-corrected chi connectivity index (χ2v) is 6.52. The van der Waals surface area contributed by atoms with Crippen LogP contribution in [0.3, 0.4) is 0 Å². The molecule has 0 saturated carbocycles. The minimum absolute atomic E-state index is 0.0602. The average molecular weight is 367 g/mol. The molecule has 0 unspecified atom stereocenters. The molecule has 6 nitrogen and oxygen atoms in total. The molecule has 0 saturated heterocycles. The van der Waals surface area contributed by atoms with Gasteiger partial charge in [-0.2, -0.15) is 0 Å². The molecule has 0 fully saturated rings. The lowest BCUT2D eigenvalue weighted by molar-refractivity contribution is -0.117. The molecule has 0 heterocycles. The van der Waals surface area contributed by atoms with Crippen molar-refractivity contribution in [2.75, 3.05) is 35.8 Å². The van der Waals surface area contributed by atoms with E-state index in [4.69, 9.17) is 0 Å². The summed E-state index contributed by atoms with van der Waals surface area (Å²) >= 11 is 0. The first-order valence-electron chi connectivity index (χ1n) is 8.74. The van der Waals surface area contributed by atoms with Crippen LogP contribution in [0.1, 0.15) is 30.6 Å². The van der Waals surface area contributed by atoms with Crippen molar-refractivity contribution in [2.24, 2.45) is 0 Å². The molecule has 2 aromatic rings. The zero-order valence-electron chi connectivity index (χ0n) is 16.2. The normalized spacial score (nSPS) is 10.2. The Morgan fingerprint density at radius 3 is 2.11 bits per heavy atom. The summed E-state index contributed by atoms with van der Waals surface area (Å²) in [6.45, 7) is 3.23. The van der Waals surface area contributed by atoms with Gasteiger partial charge >= 0.3 is 0 Å². The lowest BCUT2D eigenvalue weighted by atomic mass is 10.1. The molecule has 142 valence electrons. The Morgan fingerprint density at radius 1 is 0.926 bits per heavy atom. The minimum Gasteiger partial charge on any atom is -0.378 e. The molecule has 0 aliphatic rings. The third kappa shape index (κ3) is 5.67. The fourth-order valence-electron chi connectivity index (χ4n) is 2.65. The van der Waals surface area contributed by atoms with Gasteiger partial charge in [0.05, 0.1) is 0 Å². The summed E-state index contributed by atoms with van der Waals surface area (Å²) in [5.74, 6) is -0.402. The Kier molecular flexibility index (Phi) is 6.71. The molecule has 0 atom stereocenters. The number of amides is 2. The third-order valence-corrected chi connectivity index (χ3v) is 4.17. The number of carbonyl (C=O) groups is 3. The van der Waals surface area contributed by atoms with Gasteiger partial charge in [0.15, 0.2) is 5.78 Å². The van der Waals surface area contributed by atoms with Crippen molar-refractivity contribution in [3.05, 3.63) is 54.1 Å². The van der Waals surface area contributed by atoms with E-state index in [0.29, 0.717) is 11.3 Å². The second-order valence-electron chi connectivity index (χ2n) is 6.52. The molecule has 2 aromatic carbocycles. The average Bonchev–Trinajstić information content (AvgIpc) is 2.62. The van der Waals surface area contributed by atoms with Gasteiger partial charge in [0, 0.05) is 56.6 Å². The first kappa shape index (κ1) is 20.2. The van der Waals surface area contributed by atoms with Crippen molar-refractivity contribution in [3.63, 3.8) is 0 Å². The maximum atomic E-state index is 12.3. The zero-order chi connectivity index (χ0) is 20.0. The number of nitrogens with one attached hydrogen (secondary N) is 1. The van der Waals surface area contributed by atoms with Gasteiger partial charge in [-0.25, -0.2) is 0 Å². The van der Waals surface area contributed by atoms with Gasteiger partial charge in [-0.15, -0.1) is 0 Å². The highest BCUT2D eigenvalue weighted by Gasteiger charge is 2.14. The maximum absolute atomic E-state index is 12.3. The van der Waals surface area contributed by atoms with Crippen molar-refractivity contribution in [1.82, 2.24) is 0 Å². The lowest BCUT2D eigenvalue weighted by Crippen LogP contribution is -2.32. The van der Waals surface area contributed by atoms with Gasteiger partial charge in [0.2, 0.25) is 11.8 Å². The van der Waals surface area contributed by atoms with E-state index in [0.717, 1.165) is 11.4 Å². The number of nitrogens with zero attached hydrogens (tertiary/aromatic N) is 2. The van der Waals surface area contributed by atoms with Gasteiger partial charge < -0.3 is 15.1 Å². The molecule has 0 bridgehead atoms. The second kappa shape index (κ2) is 8.98. The number of hydrogen-bond acceptors (Lipinski definition) is 4. The fourth-order valence-corrected chi connectivity index (χ4v) is 2.65. The standard InChI is InChI=1S/C21H25N3O3/c1-15(25)17-6-5-7-18(14-17)22-21(27)12-13-24(16(2)26)20-10-8-19(9-11-20)23(3)4/h5-11,14H,12-13H2,1-4H3,(H,22,27). The number of ketones is 1. The smallest absolute Gasteiger partial charge is 0.226 e. The molecule has 0 aromatic heterocycles. The van der Waals surface area contributed by atoms with E-state index in [1.54, 1.807) is 29.2 Å². The molecule has 6 heteroatoms. The monoisotopic (exact) mass is 367 g/mol. The van der Waals surface area contributed by atoms with Gasteiger partial charge in [-0.3, -0.25) is 14.4 Å². The molecular formula is C21H25N3O3. The van der Waals surface area contributed by atoms with Crippen molar-refractivity contribution >= 4 is 34.7 Å². The van der Waals surface area contributed by atoms with Crippen LogP contribution < -0.4 is 15.1 Å². The maximum Gasteiger partial charge on any atom is 0.226 e. The summed E-state index contributed by atoms with van der Waals surface area (Å²) in [4.78, 5) is 39.2. The first-order valence-corrected chi connectivity index (χ1v) is 8.74. The zero-order valence-corrected chi connectivity index (χ0v) is 16.2. The molecule has 1 N–H and O–H groups in total. The highest BCUT2D eigenvalue weighted by molar-refractivity contribution is 5.98. The van der Waals surface area contributed by atoms with Crippen LogP contribution in [0.4, 0.5) is 17.1 Å². The number of anilines is 3. The van der Waals surface area contributed by atoms with Crippen LogP contribution in [0.25, 0.3) is 0 Å². The summed E-state index contributed by atoms with van der Waals surface area (Å²) in [7, 11) is 3.90. The van der Waals surface area contributed by atoms with Crippen LogP contribution in [-0.2, 0) is 9.59 Å². The van der Waals surface area contributed by atoms with Crippen LogP contribution in [0, 0.1) is 0 Å². The number of benzene rings is 2. The number of hydrogen-bond donors (Lipinski definition) is 1. The van der Waals surface area contributed by atoms with Crippen LogP contribution >= 0.6 is 0 Å². The summed E-state index contributed by atoms with van der Waals surface area (Å²) in [6, 6.07) is 14.4. The van der Waals surface area contributed by atoms with Crippen molar-refractivity contribution in [3.8, 4) is 0 Å². The predicted octanol–water partition coefficient (Wildman–Crippen LogP) is 3.34. The Balaban J connectivity index is 2.01. The Labute approximate surface area is 159 Å². The van der Waals surface area contributed by atoms with Crippen molar-refractivity contribution in [1.29, 1.82) is 0 Å². The van der Waals surface area contributed by atoms with Crippen LogP contribution in [-0.4, -0.2) is 38.2 Å². The van der Waals surface area contributed by atoms with E-state index in [1.807, 2.05) is 43.3 Å². The van der Waals surface area contributed by atoms with Crippen molar-refractivity contribution in [2.45, 2.75) is 20.3 Å². The summed E-state index contributed by atoms with van der Waals surface area (Å²) in [6.07, 6.45) is 0.152. The SMILES string of the molecule is CC(=O)c1cccc(NC(=O)CCN(C(C)=O)c2ccc(N(C)C)cc2)c1. The van der Waals surface area contributed by atoms with Gasteiger partial charge in [0.25, 0.3) is 0 Å². The highest BCUT2D eigenvalue weighted by atomic mass is 16.2. The Hall–Kier alpha value is -3.15. The van der Waals surface area contributed by atoms with E-state index in [9.17, 15) is 14.4 Å². The molecule has 2 rings (SSSR count). The van der Waals surface area contributed by atoms with E-state index in [-0.39, 0.29) is 30.6 Å². The van der Waals surface area contributed by atoms with E-state index >= 15 is 0 Å². The minimum atomic E-state index is -0.216. The molecule has 0 spiro atoms. The van der Waals surface area contributed by atoms with Crippen molar-refractivity contribution < 1.29 is 14.4 Å². The number of carbonyl (C=O) groups excluding carboxylic acids is 3. The Bertz CT molecular complexity index is 829. The molecule has 27 heavy (non-hydrogen) atoms. The van der Waals surface area contributed by atoms with E-state index in [2.05, 4.69) is 5.32 Å². The predicted molar refractivity (Wildman–Crippen MR) is 108 cm³/mol. The third-order valence-electron chi connectivity index (χ3n) is 4.17. The van der Waals surface area contributed by atoms with Gasteiger partial charge in [0.1, 0.15) is 0 Å². The summed E-state index contributed by atoms with van der Waals surface area (Å²) < 4.78 is 0.